The molecule has 2 rings (SSSR count). The Bertz CT molecular complexity index is 471. The van der Waals surface area contributed by atoms with E-state index >= 15 is 0 Å². The monoisotopic (exact) mass is 244 g/mol. The van der Waals surface area contributed by atoms with Crippen molar-refractivity contribution >= 4 is 11.8 Å². The molecule has 17 heavy (non-hydrogen) atoms. The summed E-state index contributed by atoms with van der Waals surface area (Å²) in [5.41, 5.74) is 7.34. The zero-order chi connectivity index (χ0) is 12.1. The van der Waals surface area contributed by atoms with E-state index in [-0.39, 0.29) is 6.04 Å². The molecular weight excluding hydrogens is 228 g/mol. The average Bonchev–Trinajstić information content (AvgIpc) is 2.40. The van der Waals surface area contributed by atoms with Gasteiger partial charge in [0.2, 0.25) is 0 Å². The van der Waals surface area contributed by atoms with Crippen LogP contribution in [0.5, 0.6) is 0 Å². The Balaban J connectivity index is 2.27. The number of benzene rings is 1. The van der Waals surface area contributed by atoms with Crippen molar-refractivity contribution in [3.8, 4) is 0 Å². The van der Waals surface area contributed by atoms with Crippen LogP contribution in [0.1, 0.15) is 24.9 Å². The van der Waals surface area contributed by atoms with E-state index in [9.17, 15) is 0 Å². The smallest absolute Gasteiger partial charge is 0.0303 e. The largest absolute Gasteiger partial charge is 0.324 e. The van der Waals surface area contributed by atoms with E-state index in [2.05, 4.69) is 30.1 Å². The van der Waals surface area contributed by atoms with Crippen LogP contribution >= 0.6 is 11.8 Å². The molecule has 3 heteroatoms. The summed E-state index contributed by atoms with van der Waals surface area (Å²) in [5.74, 6) is 0. The molecule has 0 saturated heterocycles. The molecule has 0 aliphatic carbocycles. The van der Waals surface area contributed by atoms with E-state index in [1.54, 1.807) is 11.8 Å². The highest BCUT2D eigenvalue weighted by atomic mass is 32.2. The number of nitrogens with zero attached hydrogens (tertiary/aromatic N) is 1. The van der Waals surface area contributed by atoms with E-state index in [1.165, 1.54) is 15.4 Å². The minimum Gasteiger partial charge on any atom is -0.324 e. The van der Waals surface area contributed by atoms with Crippen LogP contribution in [0.3, 0.4) is 0 Å². The number of hydrogen-bond acceptors (Lipinski definition) is 3. The summed E-state index contributed by atoms with van der Waals surface area (Å²) in [6.07, 6.45) is 4.57. The second-order valence-corrected chi connectivity index (χ2v) is 4.95. The average molecular weight is 244 g/mol. The summed E-state index contributed by atoms with van der Waals surface area (Å²) in [5, 5.41) is 0. The van der Waals surface area contributed by atoms with Crippen LogP contribution in [-0.4, -0.2) is 4.98 Å². The fraction of sp³-hybridized carbons (Fsp3) is 0.214. The predicted octanol–water partition coefficient (Wildman–Crippen LogP) is 3.64. The lowest BCUT2D eigenvalue weighted by Crippen LogP contribution is -2.09. The van der Waals surface area contributed by atoms with Gasteiger partial charge in [-0.3, -0.25) is 4.98 Å². The van der Waals surface area contributed by atoms with E-state index in [0.29, 0.717) is 0 Å². The van der Waals surface area contributed by atoms with Crippen molar-refractivity contribution in [2.24, 2.45) is 5.73 Å². The lowest BCUT2D eigenvalue weighted by Gasteiger charge is -2.14. The van der Waals surface area contributed by atoms with Crippen LogP contribution in [0.25, 0.3) is 0 Å². The Labute approximate surface area is 106 Å². The maximum absolute atomic E-state index is 6.12. The highest BCUT2D eigenvalue weighted by Crippen LogP contribution is 2.32. The zero-order valence-electron chi connectivity index (χ0n) is 9.84. The fourth-order valence-electron chi connectivity index (χ4n) is 1.63. The number of nitrogens with two attached hydrogens (primary N) is 1. The Morgan fingerprint density at radius 1 is 1.18 bits per heavy atom. The van der Waals surface area contributed by atoms with Crippen LogP contribution in [0.2, 0.25) is 0 Å². The molecule has 0 aliphatic heterocycles. The van der Waals surface area contributed by atoms with Crippen molar-refractivity contribution in [3.05, 3.63) is 54.4 Å². The fourth-order valence-corrected chi connectivity index (χ4v) is 2.63. The molecule has 2 aromatic rings. The van der Waals surface area contributed by atoms with E-state index in [0.717, 1.165) is 6.42 Å². The topological polar surface area (TPSA) is 38.9 Å². The molecule has 0 spiro atoms. The van der Waals surface area contributed by atoms with Crippen LogP contribution in [0.4, 0.5) is 0 Å². The molecule has 2 N–H and O–H groups in total. The van der Waals surface area contributed by atoms with Crippen molar-refractivity contribution in [1.29, 1.82) is 0 Å². The minimum absolute atomic E-state index is 0.112. The molecule has 0 aliphatic rings. The Kier molecular flexibility index (Phi) is 4.18. The van der Waals surface area contributed by atoms with E-state index in [1.807, 2.05) is 30.6 Å². The van der Waals surface area contributed by atoms with Crippen molar-refractivity contribution in [3.63, 3.8) is 0 Å². The highest BCUT2D eigenvalue weighted by molar-refractivity contribution is 7.99. The van der Waals surface area contributed by atoms with Crippen molar-refractivity contribution in [1.82, 2.24) is 4.98 Å². The minimum atomic E-state index is 0.112. The van der Waals surface area contributed by atoms with Crippen molar-refractivity contribution in [2.75, 3.05) is 0 Å². The molecule has 1 aromatic heterocycles. The first-order valence-corrected chi connectivity index (χ1v) is 6.55. The first-order chi connectivity index (χ1) is 8.31. The second kappa shape index (κ2) is 5.84. The maximum atomic E-state index is 6.12. The molecule has 0 unspecified atom stereocenters. The van der Waals surface area contributed by atoms with Gasteiger partial charge in [-0.15, -0.1) is 0 Å². The quantitative estimate of drug-likeness (QED) is 0.892. The second-order valence-electron chi connectivity index (χ2n) is 3.84. The normalized spacial score (nSPS) is 12.4. The lowest BCUT2D eigenvalue weighted by atomic mass is 10.1. The van der Waals surface area contributed by atoms with Gasteiger partial charge in [0.1, 0.15) is 0 Å². The van der Waals surface area contributed by atoms with Crippen LogP contribution < -0.4 is 5.73 Å². The maximum Gasteiger partial charge on any atom is 0.0303 e. The summed E-state index contributed by atoms with van der Waals surface area (Å²) in [7, 11) is 0. The van der Waals surface area contributed by atoms with Crippen molar-refractivity contribution < 1.29 is 0 Å². The van der Waals surface area contributed by atoms with Crippen LogP contribution in [0, 0.1) is 0 Å². The molecule has 2 nitrogen and oxygen atoms in total. The van der Waals surface area contributed by atoms with Crippen LogP contribution in [0.15, 0.2) is 58.6 Å². The summed E-state index contributed by atoms with van der Waals surface area (Å²) < 4.78 is 0. The van der Waals surface area contributed by atoms with Gasteiger partial charge in [-0.05, 0) is 30.2 Å². The molecule has 1 atom stereocenters. The van der Waals surface area contributed by atoms with Gasteiger partial charge in [-0.25, -0.2) is 0 Å². The Morgan fingerprint density at radius 2 is 1.88 bits per heavy atom. The molecule has 0 saturated carbocycles. The first-order valence-electron chi connectivity index (χ1n) is 5.73. The third-order valence-electron chi connectivity index (χ3n) is 2.64. The zero-order valence-corrected chi connectivity index (χ0v) is 10.7. The van der Waals surface area contributed by atoms with Gasteiger partial charge in [-0.1, -0.05) is 36.9 Å². The molecule has 0 amide bonds. The van der Waals surface area contributed by atoms with Crippen LogP contribution in [-0.2, 0) is 0 Å². The number of hydrogen-bond donors (Lipinski definition) is 1. The van der Waals surface area contributed by atoms with E-state index in [4.69, 9.17) is 5.73 Å². The van der Waals surface area contributed by atoms with Crippen molar-refractivity contribution in [2.45, 2.75) is 29.2 Å². The third kappa shape index (κ3) is 3.08. The number of pyridine rings is 1. The highest BCUT2D eigenvalue weighted by Gasteiger charge is 2.09. The first kappa shape index (κ1) is 12.1. The summed E-state index contributed by atoms with van der Waals surface area (Å²) >= 11 is 1.74. The summed E-state index contributed by atoms with van der Waals surface area (Å²) in [6.45, 7) is 2.11. The van der Waals surface area contributed by atoms with Gasteiger partial charge in [0.25, 0.3) is 0 Å². The Hall–Kier alpha value is -1.32. The van der Waals surface area contributed by atoms with Gasteiger partial charge < -0.3 is 5.73 Å². The molecule has 88 valence electrons. The SMILES string of the molecule is CC[C@H](N)c1ccccc1Sc1ccncc1. The van der Waals surface area contributed by atoms with Gasteiger partial charge >= 0.3 is 0 Å². The van der Waals surface area contributed by atoms with Gasteiger partial charge in [-0.2, -0.15) is 0 Å². The molecule has 1 heterocycles. The van der Waals surface area contributed by atoms with E-state index < -0.39 is 0 Å². The molecule has 1 aromatic carbocycles. The van der Waals surface area contributed by atoms with Gasteiger partial charge in [0.05, 0.1) is 0 Å². The molecule has 0 fully saturated rings. The third-order valence-corrected chi connectivity index (χ3v) is 3.74. The standard InChI is InChI=1S/C14H16N2S/c1-2-13(15)12-5-3-4-6-14(12)17-11-7-9-16-10-8-11/h3-10,13H,2,15H2,1H3/t13-/m0/s1. The number of rotatable bonds is 4. The summed E-state index contributed by atoms with van der Waals surface area (Å²) in [4.78, 5) is 6.44. The predicted molar refractivity (Wildman–Crippen MR) is 72.0 cm³/mol. The summed E-state index contributed by atoms with van der Waals surface area (Å²) in [6, 6.07) is 12.5. The Morgan fingerprint density at radius 3 is 2.59 bits per heavy atom. The molecular formula is C14H16N2S. The van der Waals surface area contributed by atoms with Gasteiger partial charge in [0.15, 0.2) is 0 Å². The molecule has 0 bridgehead atoms. The molecule has 0 radical (unpaired) electrons. The number of aromatic nitrogens is 1. The lowest BCUT2D eigenvalue weighted by molar-refractivity contribution is 0.685. The van der Waals surface area contributed by atoms with Gasteiger partial charge in [0, 0.05) is 28.2 Å².